The molecule has 1 heterocycles. The molecule has 1 atom stereocenters. The number of aryl methyl sites for hydroxylation is 1. The highest BCUT2D eigenvalue weighted by atomic mass is 16.6. The molecule has 0 spiro atoms. The Morgan fingerprint density at radius 3 is 2.64 bits per heavy atom. The molecular formula is C11H13NO2. The predicted molar refractivity (Wildman–Crippen MR) is 53.0 cm³/mol. The van der Waals surface area contributed by atoms with E-state index in [-0.39, 0.29) is 12.1 Å². The molecule has 0 aromatic heterocycles. The number of cyclic esters (lactones) is 1. The van der Waals surface area contributed by atoms with E-state index in [9.17, 15) is 4.79 Å². The van der Waals surface area contributed by atoms with Crippen LogP contribution in [0.15, 0.2) is 24.3 Å². The van der Waals surface area contributed by atoms with E-state index in [0.29, 0.717) is 6.61 Å². The fraction of sp³-hybridized carbons (Fsp3) is 0.364. The molecule has 0 radical (unpaired) electrons. The highest BCUT2D eigenvalue weighted by Gasteiger charge is 2.23. The molecule has 0 saturated carbocycles. The normalized spacial score (nSPS) is 20.4. The highest BCUT2D eigenvalue weighted by molar-refractivity contribution is 5.70. The monoisotopic (exact) mass is 191 g/mol. The maximum Gasteiger partial charge on any atom is 0.407 e. The van der Waals surface area contributed by atoms with Crippen LogP contribution in [0.25, 0.3) is 0 Å². The zero-order valence-electron chi connectivity index (χ0n) is 8.12. The van der Waals surface area contributed by atoms with Crippen LogP contribution in [-0.2, 0) is 11.2 Å². The van der Waals surface area contributed by atoms with Crippen molar-refractivity contribution in [2.75, 3.05) is 6.61 Å². The smallest absolute Gasteiger partial charge is 0.407 e. The van der Waals surface area contributed by atoms with Crippen LogP contribution < -0.4 is 5.32 Å². The number of benzene rings is 1. The molecule has 1 aliphatic heterocycles. The minimum Gasteiger partial charge on any atom is -0.447 e. The average molecular weight is 191 g/mol. The summed E-state index contributed by atoms with van der Waals surface area (Å²) in [5.74, 6) is 0. The molecule has 0 aliphatic carbocycles. The number of rotatable bonds is 2. The Labute approximate surface area is 83.1 Å². The molecule has 1 aromatic rings. The van der Waals surface area contributed by atoms with Crippen molar-refractivity contribution < 1.29 is 9.53 Å². The van der Waals surface area contributed by atoms with Crippen molar-refractivity contribution in [3.05, 3.63) is 35.4 Å². The summed E-state index contributed by atoms with van der Waals surface area (Å²) >= 11 is 0. The quantitative estimate of drug-likeness (QED) is 0.776. The lowest BCUT2D eigenvalue weighted by Gasteiger charge is -2.07. The van der Waals surface area contributed by atoms with E-state index < -0.39 is 0 Å². The molecule has 14 heavy (non-hydrogen) atoms. The van der Waals surface area contributed by atoms with Crippen LogP contribution in [0.1, 0.15) is 24.1 Å². The van der Waals surface area contributed by atoms with Crippen LogP contribution in [0.4, 0.5) is 4.79 Å². The Morgan fingerprint density at radius 2 is 2.14 bits per heavy atom. The summed E-state index contributed by atoms with van der Waals surface area (Å²) in [5.41, 5.74) is 2.41. The summed E-state index contributed by atoms with van der Waals surface area (Å²) in [4.78, 5) is 10.8. The summed E-state index contributed by atoms with van der Waals surface area (Å²) in [6, 6.07) is 8.27. The number of hydrogen-bond donors (Lipinski definition) is 1. The number of ether oxygens (including phenoxy) is 1. The third-order valence-corrected chi connectivity index (χ3v) is 2.46. The molecule has 1 saturated heterocycles. The van der Waals surface area contributed by atoms with Crippen LogP contribution >= 0.6 is 0 Å². The third kappa shape index (κ3) is 1.71. The number of carbonyl (C=O) groups excluding carboxylic acids is 1. The van der Waals surface area contributed by atoms with Crippen molar-refractivity contribution in [2.45, 2.75) is 19.4 Å². The minimum absolute atomic E-state index is 0.0217. The van der Waals surface area contributed by atoms with Gasteiger partial charge in [0.1, 0.15) is 6.61 Å². The van der Waals surface area contributed by atoms with Crippen molar-refractivity contribution in [2.24, 2.45) is 0 Å². The van der Waals surface area contributed by atoms with E-state index in [1.165, 1.54) is 5.56 Å². The Balaban J connectivity index is 2.13. The van der Waals surface area contributed by atoms with Gasteiger partial charge in [-0.15, -0.1) is 0 Å². The predicted octanol–water partition coefficient (Wildman–Crippen LogP) is 2.03. The second kappa shape index (κ2) is 3.70. The Hall–Kier alpha value is -1.51. The largest absolute Gasteiger partial charge is 0.447 e. The van der Waals surface area contributed by atoms with Crippen LogP contribution in [0, 0.1) is 0 Å². The molecule has 0 bridgehead atoms. The van der Waals surface area contributed by atoms with Gasteiger partial charge in [-0.25, -0.2) is 4.79 Å². The summed E-state index contributed by atoms with van der Waals surface area (Å²) in [7, 11) is 0. The van der Waals surface area contributed by atoms with Gasteiger partial charge in [0.05, 0.1) is 6.04 Å². The van der Waals surface area contributed by atoms with Crippen molar-refractivity contribution >= 4 is 6.09 Å². The van der Waals surface area contributed by atoms with Gasteiger partial charge >= 0.3 is 6.09 Å². The maximum absolute atomic E-state index is 10.8. The number of hydrogen-bond acceptors (Lipinski definition) is 2. The SMILES string of the molecule is CCc1ccc(C2COC(=O)N2)cc1. The first-order chi connectivity index (χ1) is 6.79. The molecule has 1 unspecified atom stereocenters. The van der Waals surface area contributed by atoms with Gasteiger partial charge in [-0.05, 0) is 17.5 Å². The summed E-state index contributed by atoms with van der Waals surface area (Å²) < 4.78 is 4.83. The Bertz CT molecular complexity index is 332. The van der Waals surface area contributed by atoms with Gasteiger partial charge in [-0.1, -0.05) is 31.2 Å². The fourth-order valence-electron chi connectivity index (χ4n) is 1.55. The maximum atomic E-state index is 10.8. The van der Waals surface area contributed by atoms with Gasteiger partial charge in [0.15, 0.2) is 0 Å². The molecule has 1 aliphatic rings. The van der Waals surface area contributed by atoms with E-state index in [4.69, 9.17) is 4.74 Å². The van der Waals surface area contributed by atoms with Gasteiger partial charge in [0.2, 0.25) is 0 Å². The van der Waals surface area contributed by atoms with Gasteiger partial charge in [0.25, 0.3) is 0 Å². The number of nitrogens with one attached hydrogen (secondary N) is 1. The molecule has 1 N–H and O–H groups in total. The van der Waals surface area contributed by atoms with E-state index in [0.717, 1.165) is 12.0 Å². The molecule has 74 valence electrons. The molecule has 1 aromatic carbocycles. The topological polar surface area (TPSA) is 38.3 Å². The summed E-state index contributed by atoms with van der Waals surface area (Å²) in [5, 5.41) is 2.75. The van der Waals surface area contributed by atoms with E-state index in [1.54, 1.807) is 0 Å². The standard InChI is InChI=1S/C11H13NO2/c1-2-8-3-5-9(6-4-8)10-7-14-11(13)12-10/h3-6,10H,2,7H2,1H3,(H,12,13). The second-order valence-electron chi connectivity index (χ2n) is 3.39. The van der Waals surface area contributed by atoms with Crippen molar-refractivity contribution in [1.29, 1.82) is 0 Å². The lowest BCUT2D eigenvalue weighted by Crippen LogP contribution is -2.18. The van der Waals surface area contributed by atoms with Crippen LogP contribution in [-0.4, -0.2) is 12.7 Å². The minimum atomic E-state index is -0.324. The fourth-order valence-corrected chi connectivity index (χ4v) is 1.55. The van der Waals surface area contributed by atoms with Crippen molar-refractivity contribution in [3.8, 4) is 0 Å². The third-order valence-electron chi connectivity index (χ3n) is 2.46. The molecule has 3 heteroatoms. The Kier molecular flexibility index (Phi) is 2.39. The van der Waals surface area contributed by atoms with Gasteiger partial charge in [-0.2, -0.15) is 0 Å². The second-order valence-corrected chi connectivity index (χ2v) is 3.39. The van der Waals surface area contributed by atoms with Crippen LogP contribution in [0.5, 0.6) is 0 Å². The first kappa shape index (κ1) is 9.06. The number of amides is 1. The zero-order chi connectivity index (χ0) is 9.97. The van der Waals surface area contributed by atoms with Crippen LogP contribution in [0.2, 0.25) is 0 Å². The highest BCUT2D eigenvalue weighted by Crippen LogP contribution is 2.18. The van der Waals surface area contributed by atoms with Gasteiger partial charge in [0, 0.05) is 0 Å². The Morgan fingerprint density at radius 1 is 1.43 bits per heavy atom. The van der Waals surface area contributed by atoms with E-state index in [2.05, 4.69) is 24.4 Å². The summed E-state index contributed by atoms with van der Waals surface area (Å²) in [6.45, 7) is 2.56. The van der Waals surface area contributed by atoms with Crippen molar-refractivity contribution in [1.82, 2.24) is 5.32 Å². The number of alkyl carbamates (subject to hydrolysis) is 1. The molecule has 3 nitrogen and oxygen atoms in total. The molecule has 2 rings (SSSR count). The van der Waals surface area contributed by atoms with Gasteiger partial charge < -0.3 is 10.1 Å². The zero-order valence-corrected chi connectivity index (χ0v) is 8.12. The molecular weight excluding hydrogens is 178 g/mol. The lowest BCUT2D eigenvalue weighted by atomic mass is 10.1. The first-order valence-corrected chi connectivity index (χ1v) is 4.81. The van der Waals surface area contributed by atoms with E-state index in [1.807, 2.05) is 12.1 Å². The summed E-state index contributed by atoms with van der Waals surface area (Å²) in [6.07, 6.45) is 0.711. The molecule has 1 amide bonds. The number of carbonyl (C=O) groups is 1. The van der Waals surface area contributed by atoms with E-state index >= 15 is 0 Å². The first-order valence-electron chi connectivity index (χ1n) is 4.81. The van der Waals surface area contributed by atoms with Crippen molar-refractivity contribution in [3.63, 3.8) is 0 Å². The lowest BCUT2D eigenvalue weighted by molar-refractivity contribution is 0.177. The van der Waals surface area contributed by atoms with Gasteiger partial charge in [-0.3, -0.25) is 0 Å². The van der Waals surface area contributed by atoms with Crippen LogP contribution in [0.3, 0.4) is 0 Å². The average Bonchev–Trinajstić information content (AvgIpc) is 2.65. The molecule has 1 fully saturated rings.